The summed E-state index contributed by atoms with van der Waals surface area (Å²) in [5.41, 5.74) is 1.11. The van der Waals surface area contributed by atoms with Gasteiger partial charge in [-0.15, -0.1) is 0 Å². The number of hydrogen-bond donors (Lipinski definition) is 2. The quantitative estimate of drug-likeness (QED) is 0.893. The van der Waals surface area contributed by atoms with Crippen LogP contribution in [0.2, 0.25) is 5.02 Å². The summed E-state index contributed by atoms with van der Waals surface area (Å²) < 4.78 is 0. The highest BCUT2D eigenvalue weighted by Gasteiger charge is 2.13. The van der Waals surface area contributed by atoms with Crippen molar-refractivity contribution in [3.05, 3.63) is 28.8 Å². The van der Waals surface area contributed by atoms with E-state index in [1.807, 2.05) is 23.9 Å². The first-order chi connectivity index (χ1) is 8.25. The number of aromatic hydroxyl groups is 1. The van der Waals surface area contributed by atoms with E-state index in [1.54, 1.807) is 6.07 Å². The lowest BCUT2D eigenvalue weighted by molar-refractivity contribution is 0.475. The molecule has 1 aromatic rings. The van der Waals surface area contributed by atoms with Gasteiger partial charge < -0.3 is 10.4 Å². The van der Waals surface area contributed by atoms with E-state index in [0.717, 1.165) is 23.9 Å². The molecule has 0 spiro atoms. The molecule has 1 aliphatic heterocycles. The van der Waals surface area contributed by atoms with Crippen LogP contribution in [0.4, 0.5) is 0 Å². The van der Waals surface area contributed by atoms with Gasteiger partial charge in [-0.1, -0.05) is 17.7 Å². The van der Waals surface area contributed by atoms with Gasteiger partial charge >= 0.3 is 0 Å². The SMILES string of the molecule is Oc1ccc(CNCC2CSCCS2)cc1Cl. The fraction of sp³-hybridized carbons (Fsp3) is 0.500. The molecule has 1 fully saturated rings. The Hall–Kier alpha value is -0.0300. The predicted molar refractivity (Wildman–Crippen MR) is 78.4 cm³/mol. The standard InChI is InChI=1S/C12H16ClNOS2/c13-11-5-9(1-2-12(11)15)6-14-7-10-8-16-3-4-17-10/h1-2,5,10,14-15H,3-4,6-8H2. The second-order valence-electron chi connectivity index (χ2n) is 3.98. The van der Waals surface area contributed by atoms with Crippen LogP contribution in [0.3, 0.4) is 0 Å². The zero-order valence-corrected chi connectivity index (χ0v) is 11.9. The molecule has 17 heavy (non-hydrogen) atoms. The summed E-state index contributed by atoms with van der Waals surface area (Å²) in [5, 5.41) is 13.9. The molecular weight excluding hydrogens is 274 g/mol. The van der Waals surface area contributed by atoms with Gasteiger partial charge in [-0.3, -0.25) is 0 Å². The highest BCUT2D eigenvalue weighted by atomic mass is 35.5. The molecule has 5 heteroatoms. The summed E-state index contributed by atoms with van der Waals surface area (Å²) in [6.45, 7) is 1.85. The van der Waals surface area contributed by atoms with Crippen molar-refractivity contribution in [3.63, 3.8) is 0 Å². The highest BCUT2D eigenvalue weighted by molar-refractivity contribution is 8.06. The van der Waals surface area contributed by atoms with Gasteiger partial charge in [-0.25, -0.2) is 0 Å². The molecule has 0 aromatic heterocycles. The number of phenols is 1. The maximum absolute atomic E-state index is 9.31. The minimum Gasteiger partial charge on any atom is -0.506 e. The number of phenolic OH excluding ortho intramolecular Hbond substituents is 1. The fourth-order valence-corrected chi connectivity index (χ4v) is 4.54. The van der Waals surface area contributed by atoms with Gasteiger partial charge in [0, 0.05) is 35.6 Å². The third-order valence-corrected chi connectivity index (χ3v) is 5.75. The van der Waals surface area contributed by atoms with Crippen molar-refractivity contribution in [1.29, 1.82) is 0 Å². The first-order valence-electron chi connectivity index (χ1n) is 5.63. The number of benzene rings is 1. The van der Waals surface area contributed by atoms with E-state index in [2.05, 4.69) is 17.1 Å². The zero-order valence-electron chi connectivity index (χ0n) is 9.49. The molecule has 1 saturated heterocycles. The molecule has 1 aromatic carbocycles. The van der Waals surface area contributed by atoms with Gasteiger partial charge in [0.2, 0.25) is 0 Å². The van der Waals surface area contributed by atoms with Gasteiger partial charge in [0.1, 0.15) is 5.75 Å². The van der Waals surface area contributed by atoms with Crippen LogP contribution in [0.15, 0.2) is 18.2 Å². The monoisotopic (exact) mass is 289 g/mol. The topological polar surface area (TPSA) is 32.3 Å². The van der Waals surface area contributed by atoms with Gasteiger partial charge in [-0.05, 0) is 17.7 Å². The average molecular weight is 290 g/mol. The summed E-state index contributed by atoms with van der Waals surface area (Å²) >= 11 is 9.95. The van der Waals surface area contributed by atoms with Crippen LogP contribution < -0.4 is 5.32 Å². The maximum Gasteiger partial charge on any atom is 0.134 e. The van der Waals surface area contributed by atoms with Crippen molar-refractivity contribution in [3.8, 4) is 5.75 Å². The van der Waals surface area contributed by atoms with Crippen LogP contribution in [0.1, 0.15) is 5.56 Å². The Balaban J connectivity index is 1.75. The van der Waals surface area contributed by atoms with Crippen molar-refractivity contribution in [2.45, 2.75) is 11.8 Å². The van der Waals surface area contributed by atoms with Gasteiger partial charge in [0.05, 0.1) is 5.02 Å². The third-order valence-electron chi connectivity index (χ3n) is 2.60. The molecule has 0 radical (unpaired) electrons. The molecule has 1 unspecified atom stereocenters. The first kappa shape index (κ1) is 13.4. The van der Waals surface area contributed by atoms with Crippen LogP contribution in [0, 0.1) is 0 Å². The lowest BCUT2D eigenvalue weighted by Crippen LogP contribution is -2.28. The Morgan fingerprint density at radius 3 is 3.00 bits per heavy atom. The van der Waals surface area contributed by atoms with E-state index in [9.17, 15) is 5.11 Å². The van der Waals surface area contributed by atoms with Crippen molar-refractivity contribution in [2.75, 3.05) is 23.8 Å². The molecule has 0 saturated carbocycles. The number of rotatable bonds is 4. The molecule has 2 nitrogen and oxygen atoms in total. The number of hydrogen-bond acceptors (Lipinski definition) is 4. The molecule has 1 atom stereocenters. The molecule has 0 amide bonds. The minimum atomic E-state index is 0.148. The molecule has 0 aliphatic carbocycles. The van der Waals surface area contributed by atoms with Gasteiger partial charge in [0.25, 0.3) is 0 Å². The highest BCUT2D eigenvalue weighted by Crippen LogP contribution is 2.24. The Kier molecular flexibility index (Phi) is 5.35. The number of halogens is 1. The van der Waals surface area contributed by atoms with Crippen molar-refractivity contribution >= 4 is 35.1 Å². The number of nitrogens with one attached hydrogen (secondary N) is 1. The molecule has 2 N–H and O–H groups in total. The molecule has 1 heterocycles. The molecule has 94 valence electrons. The summed E-state index contributed by atoms with van der Waals surface area (Å²) in [6.07, 6.45) is 0. The largest absolute Gasteiger partial charge is 0.506 e. The van der Waals surface area contributed by atoms with E-state index in [1.165, 1.54) is 17.3 Å². The molecule has 2 rings (SSSR count). The minimum absolute atomic E-state index is 0.148. The average Bonchev–Trinajstić information content (AvgIpc) is 2.35. The van der Waals surface area contributed by atoms with Crippen LogP contribution in [0.25, 0.3) is 0 Å². The van der Waals surface area contributed by atoms with Crippen molar-refractivity contribution in [1.82, 2.24) is 5.32 Å². The lowest BCUT2D eigenvalue weighted by Gasteiger charge is -2.21. The van der Waals surface area contributed by atoms with Crippen LogP contribution >= 0.6 is 35.1 Å². The van der Waals surface area contributed by atoms with E-state index in [-0.39, 0.29) is 5.75 Å². The molecule has 1 aliphatic rings. The normalized spacial score (nSPS) is 20.4. The van der Waals surface area contributed by atoms with E-state index < -0.39 is 0 Å². The van der Waals surface area contributed by atoms with Crippen LogP contribution in [-0.4, -0.2) is 34.2 Å². The van der Waals surface area contributed by atoms with E-state index in [4.69, 9.17) is 11.6 Å². The summed E-state index contributed by atoms with van der Waals surface area (Å²) in [4.78, 5) is 0. The zero-order chi connectivity index (χ0) is 12.1. The van der Waals surface area contributed by atoms with Crippen LogP contribution in [-0.2, 0) is 6.54 Å². The smallest absolute Gasteiger partial charge is 0.134 e. The first-order valence-corrected chi connectivity index (χ1v) is 8.21. The van der Waals surface area contributed by atoms with E-state index in [0.29, 0.717) is 5.02 Å². The van der Waals surface area contributed by atoms with Crippen molar-refractivity contribution < 1.29 is 5.11 Å². The summed E-state index contributed by atoms with van der Waals surface area (Å²) in [5.74, 6) is 3.94. The Labute approximate surface area is 116 Å². The Morgan fingerprint density at radius 1 is 1.41 bits per heavy atom. The molecular formula is C12H16ClNOS2. The predicted octanol–water partition coefficient (Wildman–Crippen LogP) is 2.98. The summed E-state index contributed by atoms with van der Waals surface area (Å²) in [7, 11) is 0. The second kappa shape index (κ2) is 6.78. The van der Waals surface area contributed by atoms with Crippen molar-refractivity contribution in [2.24, 2.45) is 0 Å². The van der Waals surface area contributed by atoms with Gasteiger partial charge in [0.15, 0.2) is 0 Å². The maximum atomic E-state index is 9.31. The fourth-order valence-electron chi connectivity index (χ4n) is 1.69. The lowest BCUT2D eigenvalue weighted by atomic mass is 10.2. The second-order valence-corrected chi connectivity index (χ2v) is 6.95. The number of thioether (sulfide) groups is 2. The van der Waals surface area contributed by atoms with E-state index >= 15 is 0 Å². The molecule has 0 bridgehead atoms. The summed E-state index contributed by atoms with van der Waals surface area (Å²) in [6, 6.07) is 5.36. The Morgan fingerprint density at radius 2 is 2.29 bits per heavy atom. The van der Waals surface area contributed by atoms with Gasteiger partial charge in [-0.2, -0.15) is 23.5 Å². The Bertz CT molecular complexity index is 370. The third kappa shape index (κ3) is 4.28. The van der Waals surface area contributed by atoms with Crippen LogP contribution in [0.5, 0.6) is 5.75 Å².